The molecule has 0 atom stereocenters. The zero-order chi connectivity index (χ0) is 16.3. The predicted octanol–water partition coefficient (Wildman–Crippen LogP) is 5.08. The third-order valence-electron chi connectivity index (χ3n) is 3.23. The Labute approximate surface area is 145 Å². The summed E-state index contributed by atoms with van der Waals surface area (Å²) in [4.78, 5) is 0. The molecule has 118 valence electrons. The molecule has 0 radical (unpaired) electrons. The fraction of sp³-hybridized carbons (Fsp3) is 0.143. The Bertz CT molecular complexity index is 557. The van der Waals surface area contributed by atoms with Crippen molar-refractivity contribution in [3.05, 3.63) is 91.0 Å². The van der Waals surface area contributed by atoms with Gasteiger partial charge in [-0.15, -0.1) is 11.6 Å². The van der Waals surface area contributed by atoms with Gasteiger partial charge in [-0.25, -0.2) is 0 Å². The van der Waals surface area contributed by atoms with E-state index in [-0.39, 0.29) is 0 Å². The summed E-state index contributed by atoms with van der Waals surface area (Å²) < 4.78 is 0. The molecular weight excluding hydrogens is 319 g/mol. The first-order valence-corrected chi connectivity index (χ1v) is 9.75. The Balaban J connectivity index is 0.000000433. The summed E-state index contributed by atoms with van der Waals surface area (Å²) in [6.07, 6.45) is 1.08. The Morgan fingerprint density at radius 3 is 1.09 bits per heavy atom. The molecule has 0 N–H and O–H groups in total. The van der Waals surface area contributed by atoms with Crippen molar-refractivity contribution in [1.82, 2.24) is 0 Å². The van der Waals surface area contributed by atoms with Crippen molar-refractivity contribution in [2.75, 3.05) is 5.88 Å². The lowest BCUT2D eigenvalue weighted by atomic mass is 10.4. The molecule has 0 fully saturated rings. The quantitative estimate of drug-likeness (QED) is 0.459. The first kappa shape index (κ1) is 17.7. The van der Waals surface area contributed by atoms with E-state index in [0.717, 1.165) is 12.3 Å². The molecule has 0 saturated carbocycles. The summed E-state index contributed by atoms with van der Waals surface area (Å²) in [5, 5.41) is 4.19. The molecule has 3 aromatic carbocycles. The Morgan fingerprint density at radius 2 is 0.870 bits per heavy atom. The van der Waals surface area contributed by atoms with Crippen LogP contribution in [-0.4, -0.2) is 5.88 Å². The van der Waals surface area contributed by atoms with Gasteiger partial charge in [-0.3, -0.25) is 0 Å². The van der Waals surface area contributed by atoms with Gasteiger partial charge in [0.25, 0.3) is 0 Å². The predicted molar refractivity (Wildman–Crippen MR) is 106 cm³/mol. The van der Waals surface area contributed by atoms with E-state index in [1.807, 2.05) is 6.92 Å². The Hall–Kier alpha value is -1.62. The summed E-state index contributed by atoms with van der Waals surface area (Å²) >= 11 is 5.19. The molecule has 0 heterocycles. The number of alkyl halides is 1. The molecule has 3 aromatic rings. The van der Waals surface area contributed by atoms with Gasteiger partial charge < -0.3 is 0 Å². The zero-order valence-corrected chi connectivity index (χ0v) is 15.1. The molecule has 0 aromatic heterocycles. The van der Waals surface area contributed by atoms with E-state index in [1.54, 1.807) is 0 Å². The standard InChI is InChI=1S/C18H15P.C3H7Cl/c1-4-10-16(11-5-1)19(17-12-6-2-7-13-17)18-14-8-3-9-15-18;1-2-3-4/h1-15H;2-3H2,1H3. The fourth-order valence-electron chi connectivity index (χ4n) is 2.18. The van der Waals surface area contributed by atoms with Crippen molar-refractivity contribution >= 4 is 35.4 Å². The van der Waals surface area contributed by atoms with Crippen LogP contribution in [0.25, 0.3) is 0 Å². The maximum Gasteiger partial charge on any atom is 0.0220 e. The molecular formula is C21H22ClP. The van der Waals surface area contributed by atoms with Crippen LogP contribution in [0.4, 0.5) is 0 Å². The Kier molecular flexibility index (Phi) is 7.87. The number of rotatable bonds is 4. The molecule has 2 heteroatoms. The van der Waals surface area contributed by atoms with Crippen LogP contribution in [0.2, 0.25) is 0 Å². The van der Waals surface area contributed by atoms with Gasteiger partial charge in [-0.05, 0) is 30.3 Å². The van der Waals surface area contributed by atoms with Gasteiger partial charge in [0.15, 0.2) is 0 Å². The van der Waals surface area contributed by atoms with Crippen LogP contribution in [0.15, 0.2) is 91.0 Å². The van der Waals surface area contributed by atoms with Crippen molar-refractivity contribution in [1.29, 1.82) is 0 Å². The van der Waals surface area contributed by atoms with Crippen molar-refractivity contribution in [2.45, 2.75) is 13.3 Å². The molecule has 3 rings (SSSR count). The summed E-state index contributed by atoms with van der Waals surface area (Å²) in [7, 11) is -0.446. The molecule has 0 bridgehead atoms. The second kappa shape index (κ2) is 10.2. The van der Waals surface area contributed by atoms with Gasteiger partial charge >= 0.3 is 0 Å². The lowest BCUT2D eigenvalue weighted by Crippen LogP contribution is -2.20. The number of benzene rings is 3. The van der Waals surface area contributed by atoms with E-state index < -0.39 is 7.92 Å². The van der Waals surface area contributed by atoms with Crippen molar-refractivity contribution in [3.8, 4) is 0 Å². The molecule has 0 aliphatic carbocycles. The first-order chi connectivity index (χ1) is 11.4. The maximum absolute atomic E-state index is 5.19. The number of hydrogen-bond donors (Lipinski definition) is 0. The summed E-state index contributed by atoms with van der Waals surface area (Å²) in [6, 6.07) is 32.3. The summed E-state index contributed by atoms with van der Waals surface area (Å²) in [5.41, 5.74) is 0. The van der Waals surface area contributed by atoms with Gasteiger partial charge in [0.05, 0.1) is 0 Å². The average Bonchev–Trinajstić information content (AvgIpc) is 2.65. The Morgan fingerprint density at radius 1 is 0.609 bits per heavy atom. The van der Waals surface area contributed by atoms with Crippen LogP contribution in [0, 0.1) is 0 Å². The molecule has 23 heavy (non-hydrogen) atoms. The molecule has 0 amide bonds. The smallest absolute Gasteiger partial charge is 0.0220 e. The van der Waals surface area contributed by atoms with Gasteiger partial charge in [0.2, 0.25) is 0 Å². The topological polar surface area (TPSA) is 0 Å². The molecule has 0 nitrogen and oxygen atoms in total. The van der Waals surface area contributed by atoms with Crippen LogP contribution in [0.5, 0.6) is 0 Å². The normalized spacial score (nSPS) is 10.0. The van der Waals surface area contributed by atoms with Gasteiger partial charge in [-0.1, -0.05) is 97.9 Å². The zero-order valence-electron chi connectivity index (χ0n) is 13.4. The van der Waals surface area contributed by atoms with Gasteiger partial charge in [0, 0.05) is 5.88 Å². The lowest BCUT2D eigenvalue weighted by Gasteiger charge is -2.18. The highest BCUT2D eigenvalue weighted by Gasteiger charge is 2.14. The minimum absolute atomic E-state index is 0.446. The highest BCUT2D eigenvalue weighted by atomic mass is 35.5. The highest BCUT2D eigenvalue weighted by molar-refractivity contribution is 7.79. The molecule has 0 spiro atoms. The van der Waals surface area contributed by atoms with Crippen LogP contribution in [0.3, 0.4) is 0 Å². The lowest BCUT2D eigenvalue weighted by molar-refractivity contribution is 1.10. The van der Waals surface area contributed by atoms with Gasteiger partial charge in [0.1, 0.15) is 0 Å². The summed E-state index contributed by atoms with van der Waals surface area (Å²) in [6.45, 7) is 2.05. The SMILES string of the molecule is CCCCl.c1ccc(P(c2ccccc2)c2ccccc2)cc1. The van der Waals surface area contributed by atoms with E-state index in [1.165, 1.54) is 15.9 Å². The second-order valence-electron chi connectivity index (χ2n) is 5.03. The van der Waals surface area contributed by atoms with Crippen LogP contribution < -0.4 is 15.9 Å². The van der Waals surface area contributed by atoms with Crippen LogP contribution in [-0.2, 0) is 0 Å². The highest BCUT2D eigenvalue weighted by Crippen LogP contribution is 2.32. The van der Waals surface area contributed by atoms with Crippen molar-refractivity contribution in [3.63, 3.8) is 0 Å². The van der Waals surface area contributed by atoms with E-state index >= 15 is 0 Å². The average molecular weight is 341 g/mol. The molecule has 0 unspecified atom stereocenters. The molecule has 0 aliphatic heterocycles. The van der Waals surface area contributed by atoms with Crippen molar-refractivity contribution in [2.24, 2.45) is 0 Å². The van der Waals surface area contributed by atoms with E-state index in [4.69, 9.17) is 11.6 Å². The fourth-order valence-corrected chi connectivity index (χ4v) is 4.48. The number of halogens is 1. The van der Waals surface area contributed by atoms with Crippen LogP contribution in [0.1, 0.15) is 13.3 Å². The summed E-state index contributed by atoms with van der Waals surface area (Å²) in [5.74, 6) is 0.792. The van der Waals surface area contributed by atoms with Crippen molar-refractivity contribution < 1.29 is 0 Å². The second-order valence-corrected chi connectivity index (χ2v) is 7.63. The maximum atomic E-state index is 5.19. The number of hydrogen-bond acceptors (Lipinski definition) is 0. The minimum Gasteiger partial charge on any atom is -0.127 e. The molecule has 0 aliphatic rings. The largest absolute Gasteiger partial charge is 0.127 e. The van der Waals surface area contributed by atoms with E-state index in [2.05, 4.69) is 91.0 Å². The monoisotopic (exact) mass is 340 g/mol. The van der Waals surface area contributed by atoms with E-state index in [9.17, 15) is 0 Å². The first-order valence-electron chi connectivity index (χ1n) is 7.88. The van der Waals surface area contributed by atoms with E-state index in [0.29, 0.717) is 0 Å². The van der Waals surface area contributed by atoms with Crippen LogP contribution >= 0.6 is 19.5 Å². The third-order valence-corrected chi connectivity index (χ3v) is 6.05. The molecule has 0 saturated heterocycles. The van der Waals surface area contributed by atoms with Gasteiger partial charge in [-0.2, -0.15) is 0 Å². The third kappa shape index (κ3) is 5.50. The minimum atomic E-state index is -0.446.